The number of piperidine rings is 1. The van der Waals surface area contributed by atoms with Crippen molar-refractivity contribution in [3.8, 4) is 0 Å². The topological polar surface area (TPSA) is 53.4 Å². The first-order valence-corrected chi connectivity index (χ1v) is 6.51. The number of aromatic nitrogens is 1. The van der Waals surface area contributed by atoms with Crippen LogP contribution in [0.5, 0.6) is 0 Å². The molecule has 98 valence electrons. The van der Waals surface area contributed by atoms with Crippen LogP contribution in [0.3, 0.4) is 0 Å². The predicted octanol–water partition coefficient (Wildman–Crippen LogP) is 2.92. The normalized spacial score (nSPS) is 24.1. The standard InChI is InChI=1S/C13H17ClN2O2/c1-8-3-4-16(7-9(8)2)12-6-10(13(17)18)5-11(14)15-12/h5-6,8-9H,3-4,7H2,1-2H3,(H,17,18). The second-order valence-electron chi connectivity index (χ2n) is 5.03. The summed E-state index contributed by atoms with van der Waals surface area (Å²) >= 11 is 5.88. The Kier molecular flexibility index (Phi) is 3.76. The Morgan fingerprint density at radius 2 is 2.17 bits per heavy atom. The number of rotatable bonds is 2. The molecule has 1 N–H and O–H groups in total. The van der Waals surface area contributed by atoms with E-state index in [9.17, 15) is 4.79 Å². The van der Waals surface area contributed by atoms with E-state index in [2.05, 4.69) is 23.7 Å². The van der Waals surface area contributed by atoms with Crippen LogP contribution < -0.4 is 4.90 Å². The SMILES string of the molecule is CC1CCN(c2cc(C(=O)O)cc(Cl)n2)CC1C. The van der Waals surface area contributed by atoms with Gasteiger partial charge < -0.3 is 10.0 Å². The van der Waals surface area contributed by atoms with Crippen molar-refractivity contribution in [2.45, 2.75) is 20.3 Å². The van der Waals surface area contributed by atoms with E-state index in [0.717, 1.165) is 19.5 Å². The van der Waals surface area contributed by atoms with Gasteiger partial charge in [-0.05, 0) is 30.4 Å². The van der Waals surface area contributed by atoms with E-state index in [-0.39, 0.29) is 10.7 Å². The summed E-state index contributed by atoms with van der Waals surface area (Å²) in [5.41, 5.74) is 0.191. The number of nitrogens with zero attached hydrogens (tertiary/aromatic N) is 2. The molecule has 1 aromatic heterocycles. The van der Waals surface area contributed by atoms with Gasteiger partial charge in [0.25, 0.3) is 0 Å². The van der Waals surface area contributed by atoms with E-state index in [1.54, 1.807) is 6.07 Å². The van der Waals surface area contributed by atoms with Crippen LogP contribution in [0.4, 0.5) is 5.82 Å². The summed E-state index contributed by atoms with van der Waals surface area (Å²) in [5.74, 6) is 0.963. The Bertz CT molecular complexity index is 464. The largest absolute Gasteiger partial charge is 0.478 e. The number of aromatic carboxylic acids is 1. The number of carbonyl (C=O) groups is 1. The van der Waals surface area contributed by atoms with Crippen LogP contribution in [-0.2, 0) is 0 Å². The van der Waals surface area contributed by atoms with E-state index in [1.807, 2.05) is 0 Å². The first kappa shape index (κ1) is 13.1. The Morgan fingerprint density at radius 3 is 2.78 bits per heavy atom. The fraction of sp³-hybridized carbons (Fsp3) is 0.538. The van der Waals surface area contributed by atoms with Gasteiger partial charge in [0.15, 0.2) is 0 Å². The molecule has 2 heterocycles. The highest BCUT2D eigenvalue weighted by Crippen LogP contribution is 2.27. The number of carboxylic acid groups (broad SMARTS) is 1. The summed E-state index contributed by atoms with van der Waals surface area (Å²) in [6, 6.07) is 2.97. The van der Waals surface area contributed by atoms with E-state index < -0.39 is 5.97 Å². The maximum absolute atomic E-state index is 11.0. The number of anilines is 1. The first-order valence-electron chi connectivity index (χ1n) is 6.13. The fourth-order valence-corrected chi connectivity index (χ4v) is 2.44. The summed E-state index contributed by atoms with van der Waals surface area (Å²) in [6.07, 6.45) is 1.10. The molecule has 0 aromatic carbocycles. The monoisotopic (exact) mass is 268 g/mol. The quantitative estimate of drug-likeness (QED) is 0.838. The summed E-state index contributed by atoms with van der Waals surface area (Å²) < 4.78 is 0. The van der Waals surface area contributed by atoms with Gasteiger partial charge in [0.05, 0.1) is 5.56 Å². The third-order valence-corrected chi connectivity index (χ3v) is 3.88. The Hall–Kier alpha value is -1.29. The summed E-state index contributed by atoms with van der Waals surface area (Å²) in [7, 11) is 0. The Labute approximate surface area is 112 Å². The molecule has 2 atom stereocenters. The van der Waals surface area contributed by atoms with Gasteiger partial charge in [-0.3, -0.25) is 0 Å². The second-order valence-corrected chi connectivity index (χ2v) is 5.42. The van der Waals surface area contributed by atoms with Gasteiger partial charge in [-0.1, -0.05) is 25.4 Å². The summed E-state index contributed by atoms with van der Waals surface area (Å²) in [5, 5.41) is 9.25. The summed E-state index contributed by atoms with van der Waals surface area (Å²) in [6.45, 7) is 6.25. The molecule has 1 fully saturated rings. The molecule has 1 aliphatic heterocycles. The molecule has 0 radical (unpaired) electrons. The van der Waals surface area contributed by atoms with Gasteiger partial charge in [-0.25, -0.2) is 9.78 Å². The number of pyridine rings is 1. The van der Waals surface area contributed by atoms with E-state index in [1.165, 1.54) is 6.07 Å². The lowest BCUT2D eigenvalue weighted by Gasteiger charge is -2.36. The summed E-state index contributed by atoms with van der Waals surface area (Å²) in [4.78, 5) is 17.3. The van der Waals surface area contributed by atoms with Crippen LogP contribution >= 0.6 is 11.6 Å². The third-order valence-electron chi connectivity index (χ3n) is 3.69. The minimum absolute atomic E-state index is 0.191. The molecule has 2 unspecified atom stereocenters. The van der Waals surface area contributed by atoms with Crippen LogP contribution in [0, 0.1) is 11.8 Å². The number of halogens is 1. The molecular weight excluding hydrogens is 252 g/mol. The van der Waals surface area contributed by atoms with Crippen LogP contribution in [0.15, 0.2) is 12.1 Å². The zero-order chi connectivity index (χ0) is 13.3. The smallest absolute Gasteiger partial charge is 0.335 e. The first-order chi connectivity index (χ1) is 8.47. The van der Waals surface area contributed by atoms with Gasteiger partial charge >= 0.3 is 5.97 Å². The van der Waals surface area contributed by atoms with Crippen molar-refractivity contribution < 1.29 is 9.90 Å². The predicted molar refractivity (Wildman–Crippen MR) is 71.4 cm³/mol. The van der Waals surface area contributed by atoms with Gasteiger partial charge in [0, 0.05) is 13.1 Å². The van der Waals surface area contributed by atoms with Crippen LogP contribution in [-0.4, -0.2) is 29.1 Å². The zero-order valence-electron chi connectivity index (χ0n) is 10.6. The lowest BCUT2D eigenvalue weighted by molar-refractivity contribution is 0.0696. The number of hydrogen-bond donors (Lipinski definition) is 1. The lowest BCUT2D eigenvalue weighted by Crippen LogP contribution is -2.39. The number of hydrogen-bond acceptors (Lipinski definition) is 3. The minimum Gasteiger partial charge on any atom is -0.478 e. The molecule has 18 heavy (non-hydrogen) atoms. The highest BCUT2D eigenvalue weighted by Gasteiger charge is 2.24. The minimum atomic E-state index is -0.973. The molecule has 0 amide bonds. The van der Waals surface area contributed by atoms with Crippen molar-refractivity contribution >= 4 is 23.4 Å². The van der Waals surface area contributed by atoms with Crippen molar-refractivity contribution in [3.05, 3.63) is 22.8 Å². The average Bonchev–Trinajstić information content (AvgIpc) is 2.31. The van der Waals surface area contributed by atoms with Gasteiger partial charge in [0.2, 0.25) is 0 Å². The van der Waals surface area contributed by atoms with Crippen molar-refractivity contribution in [3.63, 3.8) is 0 Å². The maximum Gasteiger partial charge on any atom is 0.335 e. The van der Waals surface area contributed by atoms with E-state index in [4.69, 9.17) is 16.7 Å². The molecule has 1 aliphatic rings. The molecular formula is C13H17ClN2O2. The molecule has 2 rings (SSSR count). The molecule has 1 aromatic rings. The van der Waals surface area contributed by atoms with Gasteiger partial charge in [-0.15, -0.1) is 0 Å². The van der Waals surface area contributed by atoms with Crippen molar-refractivity contribution in [2.75, 3.05) is 18.0 Å². The van der Waals surface area contributed by atoms with Crippen LogP contribution in [0.25, 0.3) is 0 Å². The van der Waals surface area contributed by atoms with Crippen molar-refractivity contribution in [2.24, 2.45) is 11.8 Å². The highest BCUT2D eigenvalue weighted by molar-refractivity contribution is 6.29. The molecule has 0 bridgehead atoms. The highest BCUT2D eigenvalue weighted by atomic mass is 35.5. The molecule has 1 saturated heterocycles. The molecule has 0 aliphatic carbocycles. The molecule has 0 spiro atoms. The average molecular weight is 269 g/mol. The van der Waals surface area contributed by atoms with Crippen LogP contribution in [0.2, 0.25) is 5.15 Å². The Balaban J connectivity index is 2.25. The lowest BCUT2D eigenvalue weighted by atomic mass is 9.89. The van der Waals surface area contributed by atoms with Gasteiger partial charge in [0.1, 0.15) is 11.0 Å². The zero-order valence-corrected chi connectivity index (χ0v) is 11.3. The third kappa shape index (κ3) is 2.75. The van der Waals surface area contributed by atoms with E-state index >= 15 is 0 Å². The van der Waals surface area contributed by atoms with Crippen LogP contribution in [0.1, 0.15) is 30.6 Å². The fourth-order valence-electron chi connectivity index (χ4n) is 2.24. The molecule has 4 nitrogen and oxygen atoms in total. The molecule has 0 saturated carbocycles. The Morgan fingerprint density at radius 1 is 1.44 bits per heavy atom. The van der Waals surface area contributed by atoms with Crippen molar-refractivity contribution in [1.82, 2.24) is 4.98 Å². The molecule has 5 heteroatoms. The van der Waals surface area contributed by atoms with Crippen molar-refractivity contribution in [1.29, 1.82) is 0 Å². The number of carboxylic acids is 1. The van der Waals surface area contributed by atoms with E-state index in [0.29, 0.717) is 17.7 Å². The second kappa shape index (κ2) is 5.14. The maximum atomic E-state index is 11.0. The van der Waals surface area contributed by atoms with Gasteiger partial charge in [-0.2, -0.15) is 0 Å².